The molecule has 0 heterocycles. The van der Waals surface area contributed by atoms with E-state index < -0.39 is 11.7 Å². The first-order valence-electron chi connectivity index (χ1n) is 6.33. The lowest BCUT2D eigenvalue weighted by Gasteiger charge is -2.29. The molecule has 1 aromatic carbocycles. The first-order valence-corrected chi connectivity index (χ1v) is 7.45. The summed E-state index contributed by atoms with van der Waals surface area (Å²) < 4.78 is 44.2. The largest absolute Gasteiger partial charge is 0.416 e. The van der Waals surface area contributed by atoms with Gasteiger partial charge in [0.1, 0.15) is 0 Å². The fourth-order valence-corrected chi connectivity index (χ4v) is 2.49. The van der Waals surface area contributed by atoms with Gasteiger partial charge in [0.05, 0.1) is 12.2 Å². The van der Waals surface area contributed by atoms with Crippen molar-refractivity contribution in [3.63, 3.8) is 0 Å². The summed E-state index contributed by atoms with van der Waals surface area (Å²) in [4.78, 5) is 1.90. The fraction of sp³-hybridized carbons (Fsp3) is 0.571. The SMILES string of the molecule is COCCN(c1ccc(CBr)c(C(F)(F)F)c1)C(C)C. The lowest BCUT2D eigenvalue weighted by atomic mass is 10.1. The van der Waals surface area contributed by atoms with Crippen LogP contribution in [-0.2, 0) is 16.2 Å². The Bertz CT molecular complexity index is 435. The zero-order valence-corrected chi connectivity index (χ0v) is 13.4. The highest BCUT2D eigenvalue weighted by molar-refractivity contribution is 9.08. The quantitative estimate of drug-likeness (QED) is 0.700. The molecule has 0 aliphatic carbocycles. The Hall–Kier alpha value is -0.750. The highest BCUT2D eigenvalue weighted by Crippen LogP contribution is 2.35. The molecule has 0 amide bonds. The average molecular weight is 354 g/mol. The number of rotatable bonds is 6. The zero-order chi connectivity index (χ0) is 15.3. The van der Waals surface area contributed by atoms with Gasteiger partial charge in [0.15, 0.2) is 0 Å². The van der Waals surface area contributed by atoms with Crippen LogP contribution in [0, 0.1) is 0 Å². The van der Waals surface area contributed by atoms with E-state index in [1.807, 2.05) is 18.7 Å². The van der Waals surface area contributed by atoms with E-state index in [2.05, 4.69) is 15.9 Å². The summed E-state index contributed by atoms with van der Waals surface area (Å²) in [6.07, 6.45) is -4.34. The lowest BCUT2D eigenvalue weighted by molar-refractivity contribution is -0.138. The summed E-state index contributed by atoms with van der Waals surface area (Å²) in [7, 11) is 1.58. The molecule has 0 aliphatic rings. The molecule has 0 fully saturated rings. The molecule has 0 spiro atoms. The topological polar surface area (TPSA) is 12.5 Å². The minimum Gasteiger partial charge on any atom is -0.383 e. The zero-order valence-electron chi connectivity index (χ0n) is 11.8. The summed E-state index contributed by atoms with van der Waals surface area (Å²) in [6.45, 7) is 4.92. The van der Waals surface area contributed by atoms with Gasteiger partial charge in [0, 0.05) is 30.7 Å². The van der Waals surface area contributed by atoms with E-state index in [4.69, 9.17) is 4.74 Å². The molecule has 20 heavy (non-hydrogen) atoms. The van der Waals surface area contributed by atoms with Gasteiger partial charge >= 0.3 is 6.18 Å². The average Bonchev–Trinajstić information content (AvgIpc) is 2.37. The molecular formula is C14H19BrF3NO. The number of nitrogens with zero attached hydrogens (tertiary/aromatic N) is 1. The molecular weight excluding hydrogens is 335 g/mol. The maximum Gasteiger partial charge on any atom is 0.416 e. The highest BCUT2D eigenvalue weighted by atomic mass is 79.9. The van der Waals surface area contributed by atoms with Gasteiger partial charge in [-0.05, 0) is 31.5 Å². The fourth-order valence-electron chi connectivity index (χ4n) is 2.00. The van der Waals surface area contributed by atoms with Gasteiger partial charge in [-0.25, -0.2) is 0 Å². The summed E-state index contributed by atoms with van der Waals surface area (Å²) in [5, 5.41) is 0.182. The van der Waals surface area contributed by atoms with Crippen molar-refractivity contribution >= 4 is 21.6 Å². The first kappa shape index (κ1) is 17.3. The highest BCUT2D eigenvalue weighted by Gasteiger charge is 2.33. The minimum absolute atomic E-state index is 0.0982. The van der Waals surface area contributed by atoms with Gasteiger partial charge < -0.3 is 9.64 Å². The van der Waals surface area contributed by atoms with Crippen molar-refractivity contribution in [1.82, 2.24) is 0 Å². The summed E-state index contributed by atoms with van der Waals surface area (Å²) >= 11 is 3.10. The van der Waals surface area contributed by atoms with Gasteiger partial charge in [-0.2, -0.15) is 13.2 Å². The second-order valence-electron chi connectivity index (χ2n) is 4.75. The summed E-state index contributed by atoms with van der Waals surface area (Å²) in [5.41, 5.74) is 0.223. The van der Waals surface area contributed by atoms with Crippen LogP contribution in [0.25, 0.3) is 0 Å². The maximum absolute atomic E-state index is 13.1. The van der Waals surface area contributed by atoms with Gasteiger partial charge in [0.25, 0.3) is 0 Å². The number of hydrogen-bond donors (Lipinski definition) is 0. The van der Waals surface area contributed by atoms with E-state index >= 15 is 0 Å². The monoisotopic (exact) mass is 353 g/mol. The summed E-state index contributed by atoms with van der Waals surface area (Å²) in [5.74, 6) is 0. The van der Waals surface area contributed by atoms with Crippen molar-refractivity contribution in [2.75, 3.05) is 25.2 Å². The third-order valence-electron chi connectivity index (χ3n) is 3.03. The first-order chi connectivity index (χ1) is 9.31. The lowest BCUT2D eigenvalue weighted by Crippen LogP contribution is -2.34. The van der Waals surface area contributed by atoms with Gasteiger partial charge in [-0.15, -0.1) is 0 Å². The van der Waals surface area contributed by atoms with Crippen molar-refractivity contribution in [2.24, 2.45) is 0 Å². The van der Waals surface area contributed by atoms with Crippen LogP contribution < -0.4 is 4.90 Å². The third-order valence-corrected chi connectivity index (χ3v) is 3.64. The molecule has 114 valence electrons. The van der Waals surface area contributed by atoms with Crippen molar-refractivity contribution < 1.29 is 17.9 Å². The predicted molar refractivity (Wildman–Crippen MR) is 78.4 cm³/mol. The van der Waals surface area contributed by atoms with E-state index in [-0.39, 0.29) is 16.9 Å². The van der Waals surface area contributed by atoms with Crippen molar-refractivity contribution in [3.05, 3.63) is 29.3 Å². The molecule has 0 radical (unpaired) electrons. The number of halogens is 4. The molecule has 0 aromatic heterocycles. The van der Waals surface area contributed by atoms with Crippen LogP contribution in [0.1, 0.15) is 25.0 Å². The molecule has 0 aliphatic heterocycles. The van der Waals surface area contributed by atoms with E-state index in [0.717, 1.165) is 0 Å². The van der Waals surface area contributed by atoms with Crippen LogP contribution in [0.15, 0.2) is 18.2 Å². The van der Waals surface area contributed by atoms with Crippen LogP contribution in [0.2, 0.25) is 0 Å². The molecule has 6 heteroatoms. The van der Waals surface area contributed by atoms with E-state index in [0.29, 0.717) is 18.8 Å². The molecule has 1 rings (SSSR count). The van der Waals surface area contributed by atoms with Gasteiger partial charge in [-0.1, -0.05) is 22.0 Å². The summed E-state index contributed by atoms with van der Waals surface area (Å²) in [6, 6.07) is 4.56. The minimum atomic E-state index is -4.34. The van der Waals surface area contributed by atoms with E-state index in [1.165, 1.54) is 12.1 Å². The number of methoxy groups -OCH3 is 1. The molecule has 0 atom stereocenters. The Balaban J connectivity index is 3.17. The Kier molecular flexibility index (Phi) is 6.33. The Labute approximate surface area is 126 Å². The van der Waals surface area contributed by atoms with Crippen LogP contribution in [0.3, 0.4) is 0 Å². The normalized spacial score (nSPS) is 12.0. The van der Waals surface area contributed by atoms with E-state index in [1.54, 1.807) is 13.2 Å². The van der Waals surface area contributed by atoms with Crippen molar-refractivity contribution in [2.45, 2.75) is 31.4 Å². The Morgan fingerprint density at radius 2 is 1.95 bits per heavy atom. The van der Waals surface area contributed by atoms with Crippen molar-refractivity contribution in [1.29, 1.82) is 0 Å². The third kappa shape index (κ3) is 4.38. The number of anilines is 1. The standard InChI is InChI=1S/C14H19BrF3NO/c1-10(2)19(6-7-20-3)12-5-4-11(9-15)13(8-12)14(16,17)18/h4-5,8,10H,6-7,9H2,1-3H3. The number of ether oxygens (including phenoxy) is 1. The van der Waals surface area contributed by atoms with Crippen molar-refractivity contribution in [3.8, 4) is 0 Å². The molecule has 0 saturated carbocycles. The Morgan fingerprint density at radius 3 is 2.40 bits per heavy atom. The van der Waals surface area contributed by atoms with Crippen LogP contribution in [0.5, 0.6) is 0 Å². The maximum atomic E-state index is 13.1. The number of alkyl halides is 4. The van der Waals surface area contributed by atoms with Gasteiger partial charge in [-0.3, -0.25) is 0 Å². The number of benzene rings is 1. The molecule has 0 bridgehead atoms. The molecule has 0 saturated heterocycles. The van der Waals surface area contributed by atoms with E-state index in [9.17, 15) is 13.2 Å². The second-order valence-corrected chi connectivity index (χ2v) is 5.31. The number of hydrogen-bond acceptors (Lipinski definition) is 2. The predicted octanol–water partition coefficient (Wildman–Crippen LogP) is 4.46. The second kappa shape index (κ2) is 7.31. The van der Waals surface area contributed by atoms with Crippen LogP contribution in [0.4, 0.5) is 18.9 Å². The molecule has 0 N–H and O–H groups in total. The molecule has 1 aromatic rings. The molecule has 2 nitrogen and oxygen atoms in total. The Morgan fingerprint density at radius 1 is 1.30 bits per heavy atom. The van der Waals surface area contributed by atoms with Crippen LogP contribution in [-0.4, -0.2) is 26.3 Å². The molecule has 0 unspecified atom stereocenters. The smallest absolute Gasteiger partial charge is 0.383 e. The van der Waals surface area contributed by atoms with Gasteiger partial charge in [0.2, 0.25) is 0 Å². The van der Waals surface area contributed by atoms with Crippen LogP contribution >= 0.6 is 15.9 Å².